The first-order valence-electron chi connectivity index (χ1n) is 5.18. The van der Waals surface area contributed by atoms with Gasteiger partial charge in [-0.25, -0.2) is 0 Å². The fourth-order valence-corrected chi connectivity index (χ4v) is 2.58. The molecule has 0 N–H and O–H groups in total. The lowest BCUT2D eigenvalue weighted by atomic mass is 10.0. The molecule has 1 aliphatic heterocycles. The number of aliphatic imine (C=N–C) groups is 2. The normalized spacial score (nSPS) is 44.0. The third-order valence-electron chi connectivity index (χ3n) is 3.47. The van der Waals surface area contributed by atoms with Crippen LogP contribution in [-0.2, 0) is 0 Å². The molecule has 0 radical (unpaired) electrons. The zero-order chi connectivity index (χ0) is 9.59. The molecule has 0 unspecified atom stereocenters. The maximum atomic E-state index is 4.74. The van der Waals surface area contributed by atoms with Crippen LogP contribution in [0.25, 0.3) is 0 Å². The minimum Gasteiger partial charge on any atom is -0.282 e. The van der Waals surface area contributed by atoms with Crippen LogP contribution < -0.4 is 0 Å². The Labute approximate surface area is 80.2 Å². The second kappa shape index (κ2) is 2.93. The van der Waals surface area contributed by atoms with Gasteiger partial charge < -0.3 is 0 Å². The molecule has 0 aromatic carbocycles. The van der Waals surface area contributed by atoms with Gasteiger partial charge in [-0.1, -0.05) is 13.8 Å². The van der Waals surface area contributed by atoms with Crippen molar-refractivity contribution in [2.45, 2.75) is 46.2 Å². The van der Waals surface area contributed by atoms with Crippen molar-refractivity contribution in [2.75, 3.05) is 0 Å². The van der Waals surface area contributed by atoms with E-state index in [-0.39, 0.29) is 0 Å². The van der Waals surface area contributed by atoms with Gasteiger partial charge in [0.25, 0.3) is 0 Å². The Kier molecular flexibility index (Phi) is 2.01. The summed E-state index contributed by atoms with van der Waals surface area (Å²) in [7, 11) is 0. The van der Waals surface area contributed by atoms with Gasteiger partial charge in [0.05, 0.1) is 23.5 Å². The first kappa shape index (κ1) is 8.92. The lowest BCUT2D eigenvalue weighted by molar-refractivity contribution is 0.484. The predicted octanol–water partition coefficient (Wildman–Crippen LogP) is 2.33. The fraction of sp³-hybridized carbons (Fsp3) is 0.818. The average molecular weight is 178 g/mol. The van der Waals surface area contributed by atoms with Gasteiger partial charge in [0.15, 0.2) is 0 Å². The van der Waals surface area contributed by atoms with Crippen LogP contribution in [0.1, 0.15) is 34.1 Å². The van der Waals surface area contributed by atoms with Gasteiger partial charge in [0.2, 0.25) is 0 Å². The second-order valence-corrected chi connectivity index (χ2v) is 4.60. The van der Waals surface area contributed by atoms with Crippen LogP contribution in [0, 0.1) is 11.8 Å². The molecule has 0 saturated heterocycles. The molecule has 0 amide bonds. The van der Waals surface area contributed by atoms with Crippen molar-refractivity contribution in [3.63, 3.8) is 0 Å². The third-order valence-corrected chi connectivity index (χ3v) is 3.47. The van der Waals surface area contributed by atoms with Crippen LogP contribution in [0.2, 0.25) is 0 Å². The standard InChI is InChI=1S/C11H18N2/c1-6-5-7(2)11-10(6)12-8(3)9(4)13-11/h6-7,10-11H,5H2,1-4H3/t6-,7-,10-,11-/m1/s1. The third kappa shape index (κ3) is 1.32. The smallest absolute Gasteiger partial charge is 0.0755 e. The van der Waals surface area contributed by atoms with Gasteiger partial charge in [-0.15, -0.1) is 0 Å². The summed E-state index contributed by atoms with van der Waals surface area (Å²) >= 11 is 0. The Hall–Kier alpha value is -0.660. The van der Waals surface area contributed by atoms with Gasteiger partial charge >= 0.3 is 0 Å². The summed E-state index contributed by atoms with van der Waals surface area (Å²) in [5.41, 5.74) is 2.28. The van der Waals surface area contributed by atoms with Gasteiger partial charge in [-0.2, -0.15) is 0 Å². The van der Waals surface area contributed by atoms with E-state index in [1.807, 2.05) is 0 Å². The molecule has 13 heavy (non-hydrogen) atoms. The molecule has 0 aromatic rings. The first-order valence-corrected chi connectivity index (χ1v) is 5.18. The highest BCUT2D eigenvalue weighted by molar-refractivity contribution is 6.41. The Morgan fingerprint density at radius 1 is 0.923 bits per heavy atom. The number of rotatable bonds is 0. The molecule has 72 valence electrons. The van der Waals surface area contributed by atoms with Crippen LogP contribution in [0.4, 0.5) is 0 Å². The minimum atomic E-state index is 0.471. The molecule has 2 aliphatic rings. The number of nitrogens with zero attached hydrogens (tertiary/aromatic N) is 2. The summed E-state index contributed by atoms with van der Waals surface area (Å²) in [6.45, 7) is 8.75. The van der Waals surface area contributed by atoms with E-state index < -0.39 is 0 Å². The molecular formula is C11H18N2. The van der Waals surface area contributed by atoms with Crippen molar-refractivity contribution < 1.29 is 0 Å². The monoisotopic (exact) mass is 178 g/mol. The second-order valence-electron chi connectivity index (χ2n) is 4.60. The molecule has 1 aliphatic carbocycles. The van der Waals surface area contributed by atoms with Crippen LogP contribution in [-0.4, -0.2) is 23.5 Å². The van der Waals surface area contributed by atoms with E-state index in [1.165, 1.54) is 6.42 Å². The van der Waals surface area contributed by atoms with E-state index >= 15 is 0 Å². The maximum Gasteiger partial charge on any atom is 0.0755 e. The van der Waals surface area contributed by atoms with E-state index in [1.54, 1.807) is 0 Å². The highest BCUT2D eigenvalue weighted by Gasteiger charge is 2.40. The summed E-state index contributed by atoms with van der Waals surface area (Å²) in [6.07, 6.45) is 1.28. The van der Waals surface area contributed by atoms with E-state index in [9.17, 15) is 0 Å². The Balaban J connectivity index is 2.31. The van der Waals surface area contributed by atoms with Crippen molar-refractivity contribution in [2.24, 2.45) is 21.8 Å². The zero-order valence-electron chi connectivity index (χ0n) is 8.91. The molecule has 2 rings (SSSR count). The van der Waals surface area contributed by atoms with Crippen LogP contribution >= 0.6 is 0 Å². The van der Waals surface area contributed by atoms with E-state index in [4.69, 9.17) is 9.98 Å². The summed E-state index contributed by atoms with van der Waals surface area (Å²) in [6, 6.07) is 0.942. The molecule has 1 heterocycles. The van der Waals surface area contributed by atoms with Crippen LogP contribution in [0.3, 0.4) is 0 Å². The minimum absolute atomic E-state index is 0.471. The summed E-state index contributed by atoms with van der Waals surface area (Å²) in [5.74, 6) is 1.43. The van der Waals surface area contributed by atoms with Crippen molar-refractivity contribution in [1.82, 2.24) is 0 Å². The predicted molar refractivity (Wildman–Crippen MR) is 56.7 cm³/mol. The topological polar surface area (TPSA) is 24.7 Å². The van der Waals surface area contributed by atoms with Crippen LogP contribution in [0.5, 0.6) is 0 Å². The van der Waals surface area contributed by atoms with Crippen LogP contribution in [0.15, 0.2) is 9.98 Å². The Morgan fingerprint density at radius 3 is 1.69 bits per heavy atom. The molecular weight excluding hydrogens is 160 g/mol. The SMILES string of the molecule is CC1=N[C@H]2[C@H](N=C1C)[C@H](C)C[C@H]2C. The van der Waals surface area contributed by atoms with Crippen molar-refractivity contribution >= 4 is 11.4 Å². The molecule has 2 nitrogen and oxygen atoms in total. The Morgan fingerprint density at radius 2 is 1.31 bits per heavy atom. The molecule has 2 heteroatoms. The number of fused-ring (bicyclic) bond motifs is 1. The fourth-order valence-electron chi connectivity index (χ4n) is 2.58. The quantitative estimate of drug-likeness (QED) is 0.544. The van der Waals surface area contributed by atoms with Crippen molar-refractivity contribution in [3.8, 4) is 0 Å². The molecule has 0 aromatic heterocycles. The maximum absolute atomic E-state index is 4.74. The van der Waals surface area contributed by atoms with Gasteiger partial charge in [0.1, 0.15) is 0 Å². The highest BCUT2D eigenvalue weighted by atomic mass is 15.0. The number of hydrogen-bond donors (Lipinski definition) is 0. The van der Waals surface area contributed by atoms with Crippen molar-refractivity contribution in [3.05, 3.63) is 0 Å². The first-order chi connectivity index (χ1) is 6.09. The zero-order valence-corrected chi connectivity index (χ0v) is 8.91. The van der Waals surface area contributed by atoms with Crippen molar-refractivity contribution in [1.29, 1.82) is 0 Å². The summed E-state index contributed by atoms with van der Waals surface area (Å²) in [4.78, 5) is 9.49. The lowest BCUT2D eigenvalue weighted by Crippen LogP contribution is -2.31. The van der Waals surface area contributed by atoms with E-state index in [0.717, 1.165) is 11.4 Å². The molecule has 1 saturated carbocycles. The number of hydrogen-bond acceptors (Lipinski definition) is 2. The molecule has 0 bridgehead atoms. The van der Waals surface area contributed by atoms with E-state index in [2.05, 4.69) is 27.7 Å². The van der Waals surface area contributed by atoms with Gasteiger partial charge in [-0.3, -0.25) is 9.98 Å². The Bertz CT molecular complexity index is 250. The lowest BCUT2D eigenvalue weighted by Gasteiger charge is -2.23. The summed E-state index contributed by atoms with van der Waals surface area (Å²) in [5, 5.41) is 0. The van der Waals surface area contributed by atoms with Gasteiger partial charge in [0, 0.05) is 0 Å². The molecule has 0 spiro atoms. The molecule has 4 atom stereocenters. The van der Waals surface area contributed by atoms with E-state index in [0.29, 0.717) is 23.9 Å². The molecule has 1 fully saturated rings. The largest absolute Gasteiger partial charge is 0.282 e. The van der Waals surface area contributed by atoms with Gasteiger partial charge in [-0.05, 0) is 32.1 Å². The summed E-state index contributed by atoms with van der Waals surface area (Å²) < 4.78 is 0. The highest BCUT2D eigenvalue weighted by Crippen LogP contribution is 2.37. The average Bonchev–Trinajstić information content (AvgIpc) is 2.31.